The number of aliphatic hydroxyl groups is 1. The van der Waals surface area contributed by atoms with E-state index in [1.54, 1.807) is 0 Å². The van der Waals surface area contributed by atoms with Crippen LogP contribution in [0.5, 0.6) is 0 Å². The summed E-state index contributed by atoms with van der Waals surface area (Å²) in [6.45, 7) is 5.16. The van der Waals surface area contributed by atoms with Crippen molar-refractivity contribution in [2.24, 2.45) is 0 Å². The summed E-state index contributed by atoms with van der Waals surface area (Å²) in [4.78, 5) is 12.0. The predicted octanol–water partition coefficient (Wildman–Crippen LogP) is 17.5. The molecule has 1 unspecified atom stereocenters. The van der Waals surface area contributed by atoms with Gasteiger partial charge in [-0.2, -0.15) is 0 Å². The number of carbonyl (C=O) groups is 1. The van der Waals surface area contributed by atoms with Crippen LogP contribution >= 0.6 is 0 Å². The smallest absolute Gasteiger partial charge is 0.305 e. The minimum absolute atomic E-state index is 0.00801. The van der Waals surface area contributed by atoms with Gasteiger partial charge in [-0.15, -0.1) is 0 Å². The fraction of sp³-hybridized carbons (Fsp3) is 0.980. The van der Waals surface area contributed by atoms with Gasteiger partial charge in [0, 0.05) is 6.42 Å². The molecule has 0 fully saturated rings. The Morgan fingerprint density at radius 3 is 0.868 bits per heavy atom. The van der Waals surface area contributed by atoms with Gasteiger partial charge in [0.25, 0.3) is 0 Å². The van der Waals surface area contributed by atoms with Crippen molar-refractivity contribution in [2.45, 2.75) is 309 Å². The molecule has 0 amide bonds. The van der Waals surface area contributed by atoms with Crippen LogP contribution in [0.4, 0.5) is 0 Å². The zero-order valence-electron chi connectivity index (χ0n) is 36.9. The second-order valence-electron chi connectivity index (χ2n) is 17.3. The van der Waals surface area contributed by atoms with E-state index in [1.165, 1.54) is 250 Å². The third-order valence-electron chi connectivity index (χ3n) is 11.8. The first-order chi connectivity index (χ1) is 26.2. The van der Waals surface area contributed by atoms with E-state index in [1.807, 2.05) is 0 Å². The lowest BCUT2D eigenvalue weighted by Gasteiger charge is -2.10. The van der Waals surface area contributed by atoms with Crippen LogP contribution in [0.15, 0.2) is 0 Å². The first-order valence-electron chi connectivity index (χ1n) is 25.0. The first-order valence-corrected chi connectivity index (χ1v) is 25.0. The van der Waals surface area contributed by atoms with Crippen LogP contribution < -0.4 is 0 Å². The molecule has 3 nitrogen and oxygen atoms in total. The van der Waals surface area contributed by atoms with Crippen LogP contribution in [0.2, 0.25) is 0 Å². The minimum Gasteiger partial charge on any atom is -0.466 e. The maximum atomic E-state index is 12.0. The van der Waals surface area contributed by atoms with E-state index in [2.05, 4.69) is 13.8 Å². The zero-order chi connectivity index (χ0) is 38.4. The minimum atomic E-state index is -0.0794. The Hall–Kier alpha value is -0.570. The summed E-state index contributed by atoms with van der Waals surface area (Å²) in [5, 5.41) is 10.1. The molecule has 3 heteroatoms. The highest BCUT2D eigenvalue weighted by Gasteiger charge is 2.05. The van der Waals surface area contributed by atoms with Crippen molar-refractivity contribution in [3.8, 4) is 0 Å². The molecule has 1 atom stereocenters. The summed E-state index contributed by atoms with van der Waals surface area (Å²) in [5.41, 5.74) is 0. The average Bonchev–Trinajstić information content (AvgIpc) is 3.16. The molecular weight excluding hydrogens is 649 g/mol. The number of hydrogen-bond acceptors (Lipinski definition) is 3. The van der Waals surface area contributed by atoms with Gasteiger partial charge >= 0.3 is 5.97 Å². The van der Waals surface area contributed by atoms with Crippen LogP contribution in [0, 0.1) is 0 Å². The highest BCUT2D eigenvalue weighted by molar-refractivity contribution is 5.69. The van der Waals surface area contributed by atoms with E-state index in [9.17, 15) is 9.90 Å². The second kappa shape index (κ2) is 47.6. The third-order valence-corrected chi connectivity index (χ3v) is 11.8. The van der Waals surface area contributed by atoms with E-state index in [-0.39, 0.29) is 12.1 Å². The number of hydrogen-bond donors (Lipinski definition) is 1. The Morgan fingerprint density at radius 2 is 0.566 bits per heavy atom. The predicted molar refractivity (Wildman–Crippen MR) is 236 cm³/mol. The molecule has 0 radical (unpaired) electrons. The van der Waals surface area contributed by atoms with Crippen molar-refractivity contribution in [3.63, 3.8) is 0 Å². The first kappa shape index (κ1) is 52.4. The van der Waals surface area contributed by atoms with Gasteiger partial charge in [0.2, 0.25) is 0 Å². The summed E-state index contributed by atoms with van der Waals surface area (Å²) in [5.74, 6) is 0.00801. The molecule has 0 heterocycles. The number of unbranched alkanes of at least 4 members (excludes halogenated alkanes) is 39. The van der Waals surface area contributed by atoms with E-state index in [4.69, 9.17) is 4.74 Å². The van der Waals surface area contributed by atoms with Crippen molar-refractivity contribution in [2.75, 3.05) is 6.61 Å². The molecule has 0 aromatic carbocycles. The third kappa shape index (κ3) is 47.5. The summed E-state index contributed by atoms with van der Waals surface area (Å²) in [6.07, 6.45) is 59.8. The highest BCUT2D eigenvalue weighted by atomic mass is 16.5. The van der Waals surface area contributed by atoms with Crippen molar-refractivity contribution in [1.29, 1.82) is 0 Å². The van der Waals surface area contributed by atoms with Crippen molar-refractivity contribution < 1.29 is 14.6 Å². The Morgan fingerprint density at radius 1 is 0.340 bits per heavy atom. The number of ether oxygens (including phenoxy) is 1. The number of aliphatic hydroxyl groups excluding tert-OH is 1. The van der Waals surface area contributed by atoms with Gasteiger partial charge in [0.05, 0.1) is 12.7 Å². The summed E-state index contributed by atoms with van der Waals surface area (Å²) < 4.78 is 5.47. The maximum absolute atomic E-state index is 12.0. The molecule has 0 bridgehead atoms. The van der Waals surface area contributed by atoms with Crippen molar-refractivity contribution in [3.05, 3.63) is 0 Å². The molecule has 0 saturated carbocycles. The standard InChI is InChI=1S/C50H100O3/c1-3-5-7-9-10-11-12-13-14-15-16-17-18-19-20-21-22-23-24-25-26-27-28-29-30-31-34-37-40-44-48-53-50(52)47-43-39-36-33-32-35-38-42-46-49(51)45-41-8-6-4-2/h49,51H,3-48H2,1-2H3. The monoisotopic (exact) mass is 749 g/mol. The SMILES string of the molecule is CCCCCCCCCCCCCCCCCCCCCCCCCCCCCCCCOC(=O)CCCCCCCCCCC(O)CCCCCC. The highest BCUT2D eigenvalue weighted by Crippen LogP contribution is 2.18. The van der Waals surface area contributed by atoms with Gasteiger partial charge < -0.3 is 9.84 Å². The molecule has 0 aliphatic carbocycles. The Labute approximate surface area is 335 Å². The molecule has 0 aromatic heterocycles. The largest absolute Gasteiger partial charge is 0.466 e. The van der Waals surface area contributed by atoms with Crippen LogP contribution in [0.3, 0.4) is 0 Å². The lowest BCUT2D eigenvalue weighted by molar-refractivity contribution is -0.143. The fourth-order valence-electron chi connectivity index (χ4n) is 8.04. The van der Waals surface area contributed by atoms with Crippen molar-refractivity contribution in [1.82, 2.24) is 0 Å². The summed E-state index contributed by atoms with van der Waals surface area (Å²) >= 11 is 0. The molecule has 318 valence electrons. The Balaban J connectivity index is 3.16. The van der Waals surface area contributed by atoms with Gasteiger partial charge in [0.15, 0.2) is 0 Å². The summed E-state index contributed by atoms with van der Waals surface area (Å²) in [6, 6.07) is 0. The molecule has 0 aromatic rings. The molecule has 1 N–H and O–H groups in total. The topological polar surface area (TPSA) is 46.5 Å². The number of rotatable bonds is 47. The van der Waals surface area contributed by atoms with Gasteiger partial charge in [-0.1, -0.05) is 271 Å². The molecule has 0 saturated heterocycles. The lowest BCUT2D eigenvalue weighted by Crippen LogP contribution is -2.06. The average molecular weight is 749 g/mol. The quantitative estimate of drug-likeness (QED) is 0.0498. The number of esters is 1. The fourth-order valence-corrected chi connectivity index (χ4v) is 8.04. The molecular formula is C50H100O3. The lowest BCUT2D eigenvalue weighted by atomic mass is 10.0. The molecule has 0 aliphatic heterocycles. The molecule has 0 aliphatic rings. The van der Waals surface area contributed by atoms with Crippen LogP contribution in [-0.2, 0) is 9.53 Å². The molecule has 53 heavy (non-hydrogen) atoms. The Kier molecular flexibility index (Phi) is 47.1. The zero-order valence-corrected chi connectivity index (χ0v) is 36.9. The van der Waals surface area contributed by atoms with Crippen molar-refractivity contribution >= 4 is 5.97 Å². The van der Waals surface area contributed by atoms with Crippen LogP contribution in [0.1, 0.15) is 303 Å². The van der Waals surface area contributed by atoms with Crippen LogP contribution in [-0.4, -0.2) is 23.8 Å². The van der Waals surface area contributed by atoms with E-state index in [0.29, 0.717) is 13.0 Å². The Bertz CT molecular complexity index is 663. The van der Waals surface area contributed by atoms with E-state index < -0.39 is 0 Å². The van der Waals surface area contributed by atoms with E-state index >= 15 is 0 Å². The summed E-state index contributed by atoms with van der Waals surface area (Å²) in [7, 11) is 0. The van der Waals surface area contributed by atoms with Gasteiger partial charge in [-0.3, -0.25) is 4.79 Å². The molecule has 0 spiro atoms. The van der Waals surface area contributed by atoms with Gasteiger partial charge in [-0.25, -0.2) is 0 Å². The molecule has 0 rings (SSSR count). The maximum Gasteiger partial charge on any atom is 0.305 e. The second-order valence-corrected chi connectivity index (χ2v) is 17.3. The van der Waals surface area contributed by atoms with Gasteiger partial charge in [0.1, 0.15) is 0 Å². The van der Waals surface area contributed by atoms with Gasteiger partial charge in [-0.05, 0) is 25.7 Å². The normalized spacial score (nSPS) is 12.1. The van der Waals surface area contributed by atoms with Crippen LogP contribution in [0.25, 0.3) is 0 Å². The van der Waals surface area contributed by atoms with E-state index in [0.717, 1.165) is 32.1 Å². The number of carbonyl (C=O) groups excluding carboxylic acids is 1.